The summed E-state index contributed by atoms with van der Waals surface area (Å²) in [4.78, 5) is 0. The molecule has 5 atom stereocenters. The molecule has 0 spiro atoms. The molecule has 0 heterocycles. The van der Waals surface area contributed by atoms with Gasteiger partial charge in [0.25, 0.3) is 0 Å². The molecule has 5 nitrogen and oxygen atoms in total. The van der Waals surface area contributed by atoms with Crippen LogP contribution in [0.4, 0.5) is 0 Å². The minimum atomic E-state index is -1.44. The molecule has 0 aliphatic rings. The maximum absolute atomic E-state index is 9.32. The van der Waals surface area contributed by atoms with Gasteiger partial charge in [0, 0.05) is 12.5 Å². The van der Waals surface area contributed by atoms with E-state index in [0.29, 0.717) is 0 Å². The van der Waals surface area contributed by atoms with Crippen molar-refractivity contribution < 1.29 is 25.5 Å². The lowest BCUT2D eigenvalue weighted by Gasteiger charge is -2.27. The van der Waals surface area contributed by atoms with Crippen molar-refractivity contribution in [2.75, 3.05) is 6.61 Å². The number of aliphatic hydroxyl groups excluding tert-OH is 5. The van der Waals surface area contributed by atoms with Gasteiger partial charge in [-0.05, 0) is 6.92 Å². The van der Waals surface area contributed by atoms with Crippen LogP contribution in [0.5, 0.6) is 0 Å². The van der Waals surface area contributed by atoms with Gasteiger partial charge in [-0.1, -0.05) is 6.92 Å². The molecule has 5 unspecified atom stereocenters. The van der Waals surface area contributed by atoms with Gasteiger partial charge in [-0.25, -0.2) is 0 Å². The maximum Gasteiger partial charge on any atom is 0.109 e. The maximum atomic E-state index is 9.32. The lowest BCUT2D eigenvalue weighted by Crippen LogP contribution is -2.46. The van der Waals surface area contributed by atoms with E-state index in [2.05, 4.69) is 0 Å². The predicted molar refractivity (Wildman–Crippen MR) is 46.0 cm³/mol. The molecule has 0 aliphatic heterocycles. The van der Waals surface area contributed by atoms with E-state index in [9.17, 15) is 10.2 Å². The molecule has 5 heteroatoms. The van der Waals surface area contributed by atoms with Crippen LogP contribution >= 0.6 is 0 Å². The average Bonchev–Trinajstić information content (AvgIpc) is 2.12. The first-order valence-corrected chi connectivity index (χ1v) is 4.25. The van der Waals surface area contributed by atoms with Crippen molar-refractivity contribution in [2.45, 2.75) is 38.3 Å². The lowest BCUT2D eigenvalue weighted by atomic mass is 9.95. The van der Waals surface area contributed by atoms with Gasteiger partial charge in [0.2, 0.25) is 0 Å². The topological polar surface area (TPSA) is 101 Å². The number of aliphatic hydroxyl groups is 5. The second-order valence-corrected chi connectivity index (χ2v) is 3.37. The van der Waals surface area contributed by atoms with Crippen LogP contribution in [0.2, 0.25) is 0 Å². The van der Waals surface area contributed by atoms with E-state index < -0.39 is 30.3 Å². The zero-order valence-corrected chi connectivity index (χ0v) is 7.83. The van der Waals surface area contributed by atoms with Crippen LogP contribution in [0.3, 0.4) is 0 Å². The van der Waals surface area contributed by atoms with E-state index in [1.54, 1.807) is 0 Å². The summed E-state index contributed by atoms with van der Waals surface area (Å²) in [5.41, 5.74) is 0. The fourth-order valence-corrected chi connectivity index (χ4v) is 0.932. The third kappa shape index (κ3) is 3.58. The van der Waals surface area contributed by atoms with Gasteiger partial charge >= 0.3 is 0 Å². The minimum Gasteiger partial charge on any atom is -0.396 e. The molecule has 0 bridgehead atoms. The highest BCUT2D eigenvalue weighted by atomic mass is 16.4. The van der Waals surface area contributed by atoms with Crippen molar-refractivity contribution in [3.05, 3.63) is 0 Å². The van der Waals surface area contributed by atoms with Crippen molar-refractivity contribution in [3.63, 3.8) is 0 Å². The van der Waals surface area contributed by atoms with Crippen molar-refractivity contribution in [1.29, 1.82) is 0 Å². The Morgan fingerprint density at radius 3 is 1.62 bits per heavy atom. The van der Waals surface area contributed by atoms with Crippen LogP contribution in [0.25, 0.3) is 0 Å². The molecule has 0 aliphatic carbocycles. The average molecular weight is 194 g/mol. The zero-order chi connectivity index (χ0) is 10.6. The van der Waals surface area contributed by atoms with Crippen molar-refractivity contribution in [2.24, 2.45) is 5.92 Å². The number of hydrogen-bond acceptors (Lipinski definition) is 5. The Balaban J connectivity index is 4.15. The van der Waals surface area contributed by atoms with E-state index in [1.807, 2.05) is 0 Å². The Morgan fingerprint density at radius 1 is 0.846 bits per heavy atom. The van der Waals surface area contributed by atoms with E-state index in [0.717, 1.165) is 0 Å². The van der Waals surface area contributed by atoms with Crippen molar-refractivity contribution >= 4 is 0 Å². The Kier molecular flexibility index (Phi) is 5.43. The summed E-state index contributed by atoms with van der Waals surface area (Å²) in [6.07, 6.45) is -5.20. The summed E-state index contributed by atoms with van der Waals surface area (Å²) in [6.45, 7) is 2.55. The smallest absolute Gasteiger partial charge is 0.109 e. The summed E-state index contributed by atoms with van der Waals surface area (Å²) in [6, 6.07) is 0. The fourth-order valence-electron chi connectivity index (χ4n) is 0.932. The summed E-state index contributed by atoms with van der Waals surface area (Å²) in [7, 11) is 0. The molecule has 0 radical (unpaired) electrons. The molecule has 13 heavy (non-hydrogen) atoms. The van der Waals surface area contributed by atoms with Gasteiger partial charge in [0.1, 0.15) is 12.2 Å². The number of hydrogen-bond donors (Lipinski definition) is 5. The van der Waals surface area contributed by atoms with Crippen LogP contribution in [0, 0.1) is 5.92 Å². The first-order valence-electron chi connectivity index (χ1n) is 4.25. The van der Waals surface area contributed by atoms with E-state index in [1.165, 1.54) is 13.8 Å². The monoisotopic (exact) mass is 194 g/mol. The molecule has 0 aromatic carbocycles. The Hall–Kier alpha value is -0.200. The molecule has 5 N–H and O–H groups in total. The molecule has 0 aromatic heterocycles. The third-order valence-electron chi connectivity index (χ3n) is 2.07. The zero-order valence-electron chi connectivity index (χ0n) is 7.83. The highest BCUT2D eigenvalue weighted by molar-refractivity contribution is 4.81. The van der Waals surface area contributed by atoms with Gasteiger partial charge in [-0.3, -0.25) is 0 Å². The van der Waals surface area contributed by atoms with E-state index in [4.69, 9.17) is 15.3 Å². The van der Waals surface area contributed by atoms with Gasteiger partial charge < -0.3 is 25.5 Å². The molecule has 0 saturated heterocycles. The predicted octanol–water partition coefficient (Wildman–Crippen LogP) is -1.92. The quantitative estimate of drug-likeness (QED) is 0.351. The van der Waals surface area contributed by atoms with Crippen molar-refractivity contribution in [1.82, 2.24) is 0 Å². The highest BCUT2D eigenvalue weighted by Crippen LogP contribution is 2.11. The second-order valence-electron chi connectivity index (χ2n) is 3.37. The molecular weight excluding hydrogens is 176 g/mol. The number of rotatable bonds is 5. The molecule has 0 fully saturated rings. The Bertz CT molecular complexity index is 138. The fraction of sp³-hybridized carbons (Fsp3) is 1.00. The van der Waals surface area contributed by atoms with Gasteiger partial charge in [0.15, 0.2) is 0 Å². The van der Waals surface area contributed by atoms with E-state index >= 15 is 0 Å². The molecule has 80 valence electrons. The summed E-state index contributed by atoms with van der Waals surface area (Å²) >= 11 is 0. The van der Waals surface area contributed by atoms with E-state index in [-0.39, 0.29) is 6.61 Å². The van der Waals surface area contributed by atoms with Gasteiger partial charge in [0.05, 0.1) is 12.2 Å². The van der Waals surface area contributed by atoms with Crippen LogP contribution < -0.4 is 0 Å². The molecule has 0 amide bonds. The van der Waals surface area contributed by atoms with Crippen LogP contribution in [-0.4, -0.2) is 56.6 Å². The summed E-state index contributed by atoms with van der Waals surface area (Å²) in [5, 5.41) is 45.3. The van der Waals surface area contributed by atoms with Gasteiger partial charge in [-0.2, -0.15) is 0 Å². The highest BCUT2D eigenvalue weighted by Gasteiger charge is 2.30. The molecular formula is C8H18O5. The Morgan fingerprint density at radius 2 is 1.31 bits per heavy atom. The summed E-state index contributed by atoms with van der Waals surface area (Å²) < 4.78 is 0. The Labute approximate surface area is 77.3 Å². The second kappa shape index (κ2) is 5.51. The van der Waals surface area contributed by atoms with Crippen LogP contribution in [-0.2, 0) is 0 Å². The normalized spacial score (nSPS) is 23.3. The van der Waals surface area contributed by atoms with Crippen molar-refractivity contribution in [3.8, 4) is 0 Å². The van der Waals surface area contributed by atoms with Crippen LogP contribution in [0.15, 0.2) is 0 Å². The molecule has 0 rings (SSSR count). The first-order chi connectivity index (χ1) is 5.91. The minimum absolute atomic E-state index is 0.287. The lowest BCUT2D eigenvalue weighted by molar-refractivity contribution is -0.117. The molecule has 0 saturated carbocycles. The van der Waals surface area contributed by atoms with Crippen LogP contribution in [0.1, 0.15) is 13.8 Å². The summed E-state index contributed by atoms with van der Waals surface area (Å²) in [5.74, 6) is -0.539. The van der Waals surface area contributed by atoms with Gasteiger partial charge in [-0.15, -0.1) is 0 Å². The SMILES string of the molecule is CC(O)C(O)C(O)C(O)C(C)CO. The third-order valence-corrected chi connectivity index (χ3v) is 2.07. The molecule has 0 aromatic rings. The standard InChI is InChI=1S/C8H18O5/c1-4(3-9)6(11)8(13)7(12)5(2)10/h4-13H,3H2,1-2H3. The largest absolute Gasteiger partial charge is 0.396 e. The first kappa shape index (κ1) is 12.8.